The van der Waals surface area contributed by atoms with Gasteiger partial charge < -0.3 is 4.98 Å². The van der Waals surface area contributed by atoms with Gasteiger partial charge in [-0.05, 0) is 18.1 Å². The minimum Gasteiger partial charge on any atom is -0.413 e. The molecule has 66 valence electrons. The molecule has 0 bridgehead atoms. The van der Waals surface area contributed by atoms with E-state index < -0.39 is 8.96 Å². The van der Waals surface area contributed by atoms with Crippen molar-refractivity contribution in [2.75, 3.05) is 4.98 Å². The summed E-state index contributed by atoms with van der Waals surface area (Å²) in [6.45, 7) is 6.79. The Balaban J connectivity index is 2.82. The Labute approximate surface area is 76.5 Å². The van der Waals surface area contributed by atoms with E-state index in [9.17, 15) is 0 Å². The van der Waals surface area contributed by atoms with Crippen molar-refractivity contribution >= 4 is 14.6 Å². The van der Waals surface area contributed by atoms with Crippen molar-refractivity contribution in [3.05, 3.63) is 29.8 Å². The van der Waals surface area contributed by atoms with Crippen molar-refractivity contribution in [2.24, 2.45) is 0 Å². The first-order chi connectivity index (χ1) is 5.74. The second kappa shape index (κ2) is 4.31. The number of hydrogen-bond acceptors (Lipinski definition) is 1. The van der Waals surface area contributed by atoms with Crippen molar-refractivity contribution < 1.29 is 0 Å². The van der Waals surface area contributed by atoms with Gasteiger partial charge in [0.05, 0.1) is 0 Å². The smallest absolute Gasteiger partial charge is 0.130 e. The van der Waals surface area contributed by atoms with Gasteiger partial charge in [0.1, 0.15) is 8.96 Å². The normalized spacial score (nSPS) is 10.3. The summed E-state index contributed by atoms with van der Waals surface area (Å²) in [6.07, 6.45) is 1.12. The van der Waals surface area contributed by atoms with Gasteiger partial charge in [-0.1, -0.05) is 38.2 Å². The van der Waals surface area contributed by atoms with Gasteiger partial charge in [0.25, 0.3) is 0 Å². The first kappa shape index (κ1) is 9.33. The molecule has 12 heavy (non-hydrogen) atoms. The molecule has 0 radical (unpaired) electrons. The molecule has 0 aliphatic carbocycles. The molecule has 0 heterocycles. The summed E-state index contributed by atoms with van der Waals surface area (Å²) >= 11 is 0. The quantitative estimate of drug-likeness (QED) is 0.703. The molecule has 0 atom stereocenters. The van der Waals surface area contributed by atoms with E-state index in [1.165, 1.54) is 11.3 Å². The SMILES string of the molecule is CCc1ccccc1N[SiH](C)C. The summed E-state index contributed by atoms with van der Waals surface area (Å²) < 4.78 is 0. The van der Waals surface area contributed by atoms with Crippen LogP contribution in [-0.4, -0.2) is 8.96 Å². The lowest BCUT2D eigenvalue weighted by Gasteiger charge is -2.12. The Kier molecular flexibility index (Phi) is 3.35. The van der Waals surface area contributed by atoms with Crippen LogP contribution in [0.15, 0.2) is 24.3 Å². The summed E-state index contributed by atoms with van der Waals surface area (Å²) in [5.74, 6) is 0. The number of aryl methyl sites for hydroxylation is 1. The molecule has 0 saturated heterocycles. The summed E-state index contributed by atoms with van der Waals surface area (Å²) in [4.78, 5) is 3.56. The van der Waals surface area contributed by atoms with E-state index in [2.05, 4.69) is 49.3 Å². The highest BCUT2D eigenvalue weighted by atomic mass is 28.3. The maximum absolute atomic E-state index is 3.56. The molecule has 2 heteroatoms. The van der Waals surface area contributed by atoms with E-state index in [0.717, 1.165) is 6.42 Å². The largest absolute Gasteiger partial charge is 0.413 e. The van der Waals surface area contributed by atoms with Gasteiger partial charge in [-0.3, -0.25) is 0 Å². The molecule has 1 aromatic rings. The van der Waals surface area contributed by atoms with Crippen molar-refractivity contribution in [1.29, 1.82) is 0 Å². The van der Waals surface area contributed by atoms with Crippen molar-refractivity contribution in [3.63, 3.8) is 0 Å². The molecule has 0 amide bonds. The molecule has 1 N–H and O–H groups in total. The fraction of sp³-hybridized carbons (Fsp3) is 0.400. The van der Waals surface area contributed by atoms with Crippen molar-refractivity contribution in [3.8, 4) is 0 Å². The summed E-state index contributed by atoms with van der Waals surface area (Å²) in [5.41, 5.74) is 2.76. The molecule has 1 rings (SSSR count). The third-order valence-corrected chi connectivity index (χ3v) is 2.73. The van der Waals surface area contributed by atoms with Gasteiger partial charge in [-0.2, -0.15) is 0 Å². The third kappa shape index (κ3) is 2.38. The molecule has 0 aliphatic heterocycles. The zero-order valence-electron chi connectivity index (χ0n) is 8.09. The van der Waals surface area contributed by atoms with Gasteiger partial charge in [-0.25, -0.2) is 0 Å². The minimum atomic E-state index is -0.689. The fourth-order valence-corrected chi connectivity index (χ4v) is 2.18. The van der Waals surface area contributed by atoms with Crippen molar-refractivity contribution in [1.82, 2.24) is 0 Å². The van der Waals surface area contributed by atoms with Crippen LogP contribution in [-0.2, 0) is 6.42 Å². The number of hydrogen-bond donors (Lipinski definition) is 1. The summed E-state index contributed by atoms with van der Waals surface area (Å²) in [7, 11) is -0.689. The molecule has 1 aromatic carbocycles. The molecule has 0 aromatic heterocycles. The van der Waals surface area contributed by atoms with Gasteiger partial charge in [0.2, 0.25) is 0 Å². The van der Waals surface area contributed by atoms with E-state index >= 15 is 0 Å². The van der Waals surface area contributed by atoms with Crippen LogP contribution in [0.3, 0.4) is 0 Å². The minimum absolute atomic E-state index is 0.689. The zero-order valence-corrected chi connectivity index (χ0v) is 9.25. The van der Waals surface area contributed by atoms with Crippen LogP contribution in [0.1, 0.15) is 12.5 Å². The van der Waals surface area contributed by atoms with Crippen LogP contribution in [0.4, 0.5) is 5.69 Å². The molecule has 0 saturated carbocycles. The van der Waals surface area contributed by atoms with E-state index in [1.54, 1.807) is 0 Å². The zero-order chi connectivity index (χ0) is 8.97. The Morgan fingerprint density at radius 2 is 1.92 bits per heavy atom. The van der Waals surface area contributed by atoms with Gasteiger partial charge in [0.15, 0.2) is 0 Å². The van der Waals surface area contributed by atoms with E-state index in [0.29, 0.717) is 0 Å². The number of anilines is 1. The van der Waals surface area contributed by atoms with Crippen LogP contribution in [0, 0.1) is 0 Å². The number of benzene rings is 1. The van der Waals surface area contributed by atoms with Crippen LogP contribution in [0.25, 0.3) is 0 Å². The number of rotatable bonds is 3. The van der Waals surface area contributed by atoms with Crippen LogP contribution in [0.5, 0.6) is 0 Å². The van der Waals surface area contributed by atoms with E-state index in [-0.39, 0.29) is 0 Å². The van der Waals surface area contributed by atoms with Crippen LogP contribution < -0.4 is 4.98 Å². The number of nitrogens with one attached hydrogen (secondary N) is 1. The monoisotopic (exact) mass is 179 g/mol. The summed E-state index contributed by atoms with van der Waals surface area (Å²) in [6, 6.07) is 8.56. The predicted molar refractivity (Wildman–Crippen MR) is 58.3 cm³/mol. The lowest BCUT2D eigenvalue weighted by Crippen LogP contribution is -2.16. The first-order valence-corrected chi connectivity index (χ1v) is 7.47. The number of para-hydroxylation sites is 1. The standard InChI is InChI=1S/C10H17NSi/c1-4-9-7-5-6-8-10(9)11-12(2)3/h5-8,11-12H,4H2,1-3H3. The average molecular weight is 179 g/mol. The Bertz CT molecular complexity index is 245. The highest BCUT2D eigenvalue weighted by Gasteiger charge is 2.00. The summed E-state index contributed by atoms with van der Waals surface area (Å²) in [5, 5.41) is 0. The molecule has 0 aliphatic rings. The van der Waals surface area contributed by atoms with Crippen LogP contribution >= 0.6 is 0 Å². The van der Waals surface area contributed by atoms with E-state index in [4.69, 9.17) is 0 Å². The molecular weight excluding hydrogens is 162 g/mol. The Morgan fingerprint density at radius 1 is 1.25 bits per heavy atom. The van der Waals surface area contributed by atoms with E-state index in [1.807, 2.05) is 0 Å². The Hall–Kier alpha value is -0.763. The maximum atomic E-state index is 3.56. The molecule has 1 nitrogen and oxygen atoms in total. The Morgan fingerprint density at radius 3 is 2.50 bits per heavy atom. The molecule has 0 spiro atoms. The van der Waals surface area contributed by atoms with Gasteiger partial charge in [0, 0.05) is 5.69 Å². The van der Waals surface area contributed by atoms with Gasteiger partial charge in [-0.15, -0.1) is 0 Å². The highest BCUT2D eigenvalue weighted by molar-refractivity contribution is 6.59. The van der Waals surface area contributed by atoms with Crippen LogP contribution in [0.2, 0.25) is 13.1 Å². The first-order valence-electron chi connectivity index (χ1n) is 4.58. The van der Waals surface area contributed by atoms with Gasteiger partial charge >= 0.3 is 0 Å². The average Bonchev–Trinajstić information content (AvgIpc) is 2.04. The predicted octanol–water partition coefficient (Wildman–Crippen LogP) is 2.64. The maximum Gasteiger partial charge on any atom is 0.130 e. The third-order valence-electron chi connectivity index (χ3n) is 1.84. The topological polar surface area (TPSA) is 12.0 Å². The van der Waals surface area contributed by atoms with Crippen molar-refractivity contribution in [2.45, 2.75) is 26.4 Å². The lowest BCUT2D eigenvalue weighted by atomic mass is 10.1. The second-order valence-corrected chi connectivity index (χ2v) is 5.91. The fourth-order valence-electron chi connectivity index (χ4n) is 1.28. The second-order valence-electron chi connectivity index (χ2n) is 3.31. The lowest BCUT2D eigenvalue weighted by molar-refractivity contribution is 1.14. The molecule has 0 unspecified atom stereocenters. The molecule has 0 fully saturated rings. The molecular formula is C10H17NSi. The highest BCUT2D eigenvalue weighted by Crippen LogP contribution is 2.15.